The second-order valence-electron chi connectivity index (χ2n) is 21.6. The number of nitrogens with zero attached hydrogens (tertiary/aromatic N) is 8. The highest BCUT2D eigenvalue weighted by atomic mass is 32.2. The van der Waals surface area contributed by atoms with Crippen molar-refractivity contribution in [3.05, 3.63) is 25.3 Å². The van der Waals surface area contributed by atoms with Crippen molar-refractivity contribution in [2.24, 2.45) is 10.8 Å². The lowest BCUT2D eigenvalue weighted by Gasteiger charge is -2.36. The number of phosphoric ester groups is 6. The Balaban J connectivity index is 0.000000501. The van der Waals surface area contributed by atoms with E-state index in [-0.39, 0.29) is 84.3 Å². The quantitative estimate of drug-likeness (QED) is 0.0113. The van der Waals surface area contributed by atoms with Crippen LogP contribution in [-0.4, -0.2) is 213 Å². The standard InChI is InChI=1S/C22H36N7O17P3S.C21H36N7O16P3.CH2O2.H2O/c1-22(2,17(33)20(34)25-4-3-13(31)24-5-6-50-11-30)8-43-49(40,41)46-48(38,39)42-7-12-16(45-47(35,36)37)15(32)21(44-12)29-10-28-14-18(23)26-9-27-19(14)29;1-4-23-12(29)5-6-24-19(32)16(31)21(2,3)8-41-47(38,39)44-46(36,37)40-7-11-15(43-45(33,34)35)14(30)20(42-11)28-10-27-13-17(22)25-9-26-18(13)28;2-1-3;/h9-12,15-17,21,32-33H,3-8H2,1-2H3,(H,24,31)(H,25,34)(H,38,39)(H,40,41)(H2,23,26,27)(H2,35,36,37);9-11,14-16,20,30-31H,4-8H2,1-3H3,(H,23,29)(H,24,32)(H,36,37)(H,38,39)(H2,22,25,26)(H2,33,34,35);1H,(H,2,3);1H2/p-8. The van der Waals surface area contributed by atoms with Gasteiger partial charge in [0.25, 0.3) is 37.8 Å². The largest absolute Gasteiger partial charge is 0.790 e. The number of amides is 4. The molecule has 15 N–H and O–H groups in total. The van der Waals surface area contributed by atoms with Crippen LogP contribution >= 0.6 is 58.7 Å². The summed E-state index contributed by atoms with van der Waals surface area (Å²) in [5.41, 5.74) is 8.79. The topological polar surface area (TPSA) is 802 Å². The monoisotopic (exact) mass is 1590 g/mol. The summed E-state index contributed by atoms with van der Waals surface area (Å²) < 4.78 is 120. The number of thioether (sulfide) groups is 1. The normalized spacial score (nSPS) is 22.4. The van der Waals surface area contributed by atoms with Crippen molar-refractivity contribution >= 4 is 128 Å². The molecule has 14 atom stereocenters. The predicted octanol–water partition coefficient (Wildman–Crippen LogP) is -9.43. The maximum absolute atomic E-state index is 12.4. The van der Waals surface area contributed by atoms with Gasteiger partial charge in [-0.1, -0.05) is 39.5 Å². The maximum atomic E-state index is 12.4. The molecule has 0 radical (unpaired) electrons. The number of ether oxygens (including phenoxy) is 2. The third-order valence-corrected chi connectivity index (χ3v) is 19.7. The molecule has 4 amide bonds. The molecule has 2 saturated heterocycles. The van der Waals surface area contributed by atoms with E-state index in [2.05, 4.69) is 86.9 Å². The molecular weight excluding hydrogens is 1520 g/mol. The van der Waals surface area contributed by atoms with Crippen molar-refractivity contribution < 1.29 is 172 Å². The average molecular weight is 1590 g/mol. The summed E-state index contributed by atoms with van der Waals surface area (Å²) >= 11 is 0.949. The first-order valence-electron chi connectivity index (χ1n) is 28.0. The van der Waals surface area contributed by atoms with Crippen LogP contribution < -0.4 is 71.9 Å². The van der Waals surface area contributed by atoms with E-state index in [9.17, 15) is 111 Å². The fraction of sp³-hybridized carbons (Fsp3) is 0.636. The first-order valence-corrected chi connectivity index (χ1v) is 37.8. The van der Waals surface area contributed by atoms with Gasteiger partial charge in [-0.2, -0.15) is 0 Å². The van der Waals surface area contributed by atoms with Gasteiger partial charge in [0, 0.05) is 55.6 Å². The molecule has 6 heterocycles. The Morgan fingerprint density at radius 3 is 1.32 bits per heavy atom. The van der Waals surface area contributed by atoms with Crippen molar-refractivity contribution in [2.45, 2.75) is 109 Å². The lowest BCUT2D eigenvalue weighted by atomic mass is 9.87. The van der Waals surface area contributed by atoms with Crippen LogP contribution in [0.4, 0.5) is 11.6 Å². The minimum atomic E-state index is -5.90. The molecule has 0 spiro atoms. The number of fused-ring (bicyclic) bond motifs is 2. The van der Waals surface area contributed by atoms with Crippen LogP contribution in [0.3, 0.4) is 0 Å². The number of hydrogen-bond donors (Lipinski definition) is 11. The molecule has 0 saturated carbocycles. The zero-order valence-corrected chi connectivity index (χ0v) is 59.0. The van der Waals surface area contributed by atoms with Crippen LogP contribution in [0.2, 0.25) is 0 Å². The number of aliphatic hydroxyl groups is 4. The first-order chi connectivity index (χ1) is 46.2. The van der Waals surface area contributed by atoms with Gasteiger partial charge in [-0.25, -0.2) is 38.5 Å². The number of carbonyl (C=O) groups excluding carboxylic acids is 5. The van der Waals surface area contributed by atoms with Crippen molar-refractivity contribution in [1.29, 1.82) is 0 Å². The highest BCUT2D eigenvalue weighted by molar-refractivity contribution is 8.11. The number of phosphoric acid groups is 6. The summed E-state index contributed by atoms with van der Waals surface area (Å²) in [5.74, 6) is -2.61. The minimum Gasteiger partial charge on any atom is -0.790 e. The van der Waals surface area contributed by atoms with E-state index < -0.39 is 163 Å². The zero-order valence-electron chi connectivity index (χ0n) is 52.8. The fourth-order valence-electron chi connectivity index (χ4n) is 8.33. The highest BCUT2D eigenvalue weighted by Gasteiger charge is 2.49. The van der Waals surface area contributed by atoms with E-state index in [0.29, 0.717) is 17.9 Å². The van der Waals surface area contributed by atoms with E-state index >= 15 is 0 Å². The van der Waals surface area contributed by atoms with Gasteiger partial charge in [0.15, 0.2) is 41.0 Å². The molecule has 2 aliphatic rings. The molecule has 0 bridgehead atoms. The molecule has 14 unspecified atom stereocenters. The second kappa shape index (κ2) is 38.5. The number of carboxylic acid groups (broad SMARTS) is 1. The number of aromatic nitrogens is 8. The molecule has 50 nitrogen and oxygen atoms in total. The van der Waals surface area contributed by atoms with Gasteiger partial charge in [-0.3, -0.25) is 56.2 Å². The van der Waals surface area contributed by atoms with E-state index in [1.807, 2.05) is 0 Å². The van der Waals surface area contributed by atoms with Gasteiger partial charge >= 0.3 is 0 Å². The Morgan fingerprint density at radius 2 is 0.970 bits per heavy atom. The number of rotatable bonds is 37. The molecule has 4 aromatic rings. The lowest BCUT2D eigenvalue weighted by molar-refractivity contribution is -0.348. The third-order valence-electron chi connectivity index (χ3n) is 13.1. The summed E-state index contributed by atoms with van der Waals surface area (Å²) in [6.07, 6.45) is -14.9. The van der Waals surface area contributed by atoms with Crippen LogP contribution in [0, 0.1) is 10.8 Å². The van der Waals surface area contributed by atoms with E-state index in [0.717, 1.165) is 46.2 Å². The van der Waals surface area contributed by atoms with Crippen molar-refractivity contribution in [3.8, 4) is 0 Å². The molecule has 2 fully saturated rings. The first kappa shape index (κ1) is 89.7. The van der Waals surface area contributed by atoms with Crippen LogP contribution in [0.1, 0.15) is 59.9 Å². The van der Waals surface area contributed by atoms with Gasteiger partial charge in [0.2, 0.25) is 23.6 Å². The average Bonchev–Trinajstić information content (AvgIpc) is 1.63. The summed E-state index contributed by atoms with van der Waals surface area (Å²) in [4.78, 5) is 185. The molecule has 0 aliphatic carbocycles. The van der Waals surface area contributed by atoms with Gasteiger partial charge in [-0.15, -0.1) is 0 Å². The Kier molecular flexibility index (Phi) is 34.2. The number of nitrogen functional groups attached to an aromatic ring is 2. The number of nitrogens with one attached hydrogen (secondary N) is 4. The summed E-state index contributed by atoms with van der Waals surface area (Å²) in [5, 5.41) is 58.7. The third kappa shape index (κ3) is 28.2. The molecule has 6 rings (SSSR count). The number of anilines is 2. The smallest absolute Gasteiger partial charge is 0.290 e. The molecule has 4 aromatic heterocycles. The molecule has 2 aliphatic heterocycles. The van der Waals surface area contributed by atoms with E-state index in [4.69, 9.17) is 30.8 Å². The van der Waals surface area contributed by atoms with E-state index in [1.165, 1.54) is 27.7 Å². The van der Waals surface area contributed by atoms with Gasteiger partial charge in [0.05, 0.1) is 54.7 Å². The van der Waals surface area contributed by atoms with Crippen LogP contribution in [0.25, 0.3) is 22.3 Å². The molecule has 101 heavy (non-hydrogen) atoms. The number of hydrogen-bond acceptors (Lipinski definition) is 43. The molecular formula is C44H68N14O36P6S-8. The Labute approximate surface area is 573 Å². The fourth-order valence-corrected chi connectivity index (χ4v) is 14.1. The maximum Gasteiger partial charge on any atom is 0.290 e. The van der Waals surface area contributed by atoms with Crippen molar-refractivity contribution in [1.82, 2.24) is 60.3 Å². The predicted molar refractivity (Wildman–Crippen MR) is 319 cm³/mol. The van der Waals surface area contributed by atoms with Crippen molar-refractivity contribution in [2.75, 3.05) is 69.8 Å². The van der Waals surface area contributed by atoms with Gasteiger partial charge in [-0.05, 0) is 6.92 Å². The molecule has 57 heteroatoms. The van der Waals surface area contributed by atoms with E-state index in [1.54, 1.807) is 6.92 Å². The number of nitrogens with two attached hydrogens (primary N) is 2. The number of imidazole rings is 2. The second-order valence-corrected chi connectivity index (χ2v) is 30.7. The Morgan fingerprint density at radius 1 is 0.614 bits per heavy atom. The van der Waals surface area contributed by atoms with Crippen LogP contribution in [-0.2, 0) is 101 Å². The molecule has 574 valence electrons. The van der Waals surface area contributed by atoms with Crippen LogP contribution in [0.5, 0.6) is 0 Å². The molecule has 0 aromatic carbocycles. The lowest BCUT2D eigenvalue weighted by Crippen LogP contribution is -2.46. The highest BCUT2D eigenvalue weighted by Crippen LogP contribution is 2.58. The SMILES string of the molecule is CC(C)(COP(=O)([O-])OP(=O)([O-])OCC1OC(n2cnc3c(N)ncnc32)C(O)C1OP(=O)([O-])[O-])C(O)C(=O)NCCC(=O)NCCSC=O.CCNC(=O)CCNC(=O)C(O)C(C)(C)COP(=O)([O-])OP(=O)([O-])OCC1OC(n2cnc3c(N)ncnc32)C(O)C1OP(=O)([O-])[O-].O.O=CO. The Bertz CT molecular complexity index is 3760. The van der Waals surface area contributed by atoms with Gasteiger partial charge < -0.3 is 149 Å². The van der Waals surface area contributed by atoms with Gasteiger partial charge in [0.1, 0.15) is 72.5 Å². The summed E-state index contributed by atoms with van der Waals surface area (Å²) in [6, 6.07) is 0. The summed E-state index contributed by atoms with van der Waals surface area (Å²) in [7, 11) is -35.0. The summed E-state index contributed by atoms with van der Waals surface area (Å²) in [6.45, 7) is 1.99. The Hall–Kier alpha value is -5.47. The number of aliphatic hydroxyl groups excluding tert-OH is 4. The van der Waals surface area contributed by atoms with Crippen LogP contribution in [0.15, 0.2) is 25.3 Å². The zero-order chi connectivity index (χ0) is 75.6. The van der Waals surface area contributed by atoms with Crippen molar-refractivity contribution in [3.63, 3.8) is 0 Å². The number of carbonyl (C=O) groups is 6. The minimum absolute atomic E-state index is 0.